The molecule has 8 heteroatoms. The smallest absolute Gasteiger partial charge is 0.179 e. The highest BCUT2D eigenvalue weighted by molar-refractivity contribution is 7.97. The molecule has 0 unspecified atom stereocenters. The number of hydrogen-bond donors (Lipinski definition) is 3. The van der Waals surface area contributed by atoms with E-state index in [9.17, 15) is 0 Å². The van der Waals surface area contributed by atoms with Crippen molar-refractivity contribution in [3.63, 3.8) is 0 Å². The number of benzene rings is 2. The molecule has 2 heterocycles. The van der Waals surface area contributed by atoms with Crippen molar-refractivity contribution in [1.82, 2.24) is 9.88 Å². The van der Waals surface area contributed by atoms with Crippen LogP contribution in [0.15, 0.2) is 63.9 Å². The Morgan fingerprint density at radius 1 is 1.08 bits per heavy atom. The van der Waals surface area contributed by atoms with Gasteiger partial charge in [-0.25, -0.2) is 4.98 Å². The molecule has 2 aromatic carbocycles. The second-order valence-electron chi connectivity index (χ2n) is 5.09. The second-order valence-corrected chi connectivity index (χ2v) is 7.64. The summed E-state index contributed by atoms with van der Waals surface area (Å²) in [5.74, 6) is 0. The number of rotatable bonds is 1. The topological polar surface area (TPSA) is 40.5 Å². The molecule has 1 aliphatic heterocycles. The Balaban J connectivity index is 0.000000157. The summed E-state index contributed by atoms with van der Waals surface area (Å²) in [6.45, 7) is 1.56. The van der Waals surface area contributed by atoms with Gasteiger partial charge in [-0.2, -0.15) is 0 Å². The number of thiocarbonyl (C=S) groups is 1. The Morgan fingerprint density at radius 3 is 2.48 bits per heavy atom. The molecule has 0 spiro atoms. The number of hydrogen-bond acceptors (Lipinski definition) is 5. The summed E-state index contributed by atoms with van der Waals surface area (Å²) in [5, 5.41) is 4.47. The zero-order chi connectivity index (χ0) is 17.6. The lowest BCUT2D eigenvalue weighted by Crippen LogP contribution is -2.35. The fourth-order valence-corrected chi connectivity index (χ4v) is 3.97. The van der Waals surface area contributed by atoms with E-state index in [-0.39, 0.29) is 0 Å². The first-order valence-electron chi connectivity index (χ1n) is 7.55. The van der Waals surface area contributed by atoms with Crippen molar-refractivity contribution >= 4 is 75.0 Å². The zero-order valence-electron chi connectivity index (χ0n) is 13.2. The van der Waals surface area contributed by atoms with Crippen LogP contribution in [0.3, 0.4) is 0 Å². The van der Waals surface area contributed by atoms with E-state index in [2.05, 4.69) is 40.6 Å². The highest BCUT2D eigenvalue weighted by Gasteiger charge is 2.17. The third-order valence-electron chi connectivity index (χ3n) is 3.37. The molecule has 4 rings (SSSR count). The summed E-state index contributed by atoms with van der Waals surface area (Å²) < 4.78 is 2.04. The van der Waals surface area contributed by atoms with Crippen molar-refractivity contribution in [3.05, 3.63) is 54.6 Å². The average Bonchev–Trinajstić information content (AvgIpc) is 3.20. The van der Waals surface area contributed by atoms with E-state index in [4.69, 9.17) is 12.2 Å². The third-order valence-corrected chi connectivity index (χ3v) is 5.29. The number of thiol groups is 2. The SMILES string of the molecule is S=C(Nc1ccccc1)N1CCN=C1S.Sc1nc2ccccc2s1. The molecule has 0 radical (unpaired) electrons. The number of aromatic nitrogens is 1. The molecular weight excluding hydrogens is 388 g/mol. The van der Waals surface area contributed by atoms with Gasteiger partial charge in [-0.05, 0) is 36.5 Å². The third kappa shape index (κ3) is 4.94. The monoisotopic (exact) mass is 404 g/mol. The van der Waals surface area contributed by atoms with Crippen molar-refractivity contribution in [3.8, 4) is 0 Å². The minimum Gasteiger partial charge on any atom is -0.332 e. The second kappa shape index (κ2) is 8.66. The first kappa shape index (κ1) is 18.2. The fraction of sp³-hybridized carbons (Fsp3) is 0.118. The molecule has 0 fully saturated rings. The number of para-hydroxylation sites is 2. The van der Waals surface area contributed by atoms with Gasteiger partial charge in [0, 0.05) is 12.2 Å². The highest BCUT2D eigenvalue weighted by atomic mass is 32.2. The lowest BCUT2D eigenvalue weighted by Gasteiger charge is -2.19. The van der Waals surface area contributed by atoms with Crippen LogP contribution in [-0.2, 0) is 0 Å². The minimum atomic E-state index is 0.646. The Morgan fingerprint density at radius 2 is 1.80 bits per heavy atom. The Hall–Kier alpha value is -1.61. The Kier molecular flexibility index (Phi) is 6.30. The minimum absolute atomic E-state index is 0.646. The van der Waals surface area contributed by atoms with Gasteiger partial charge < -0.3 is 5.32 Å². The molecule has 3 aromatic rings. The molecule has 0 saturated heterocycles. The number of anilines is 1. The molecule has 0 atom stereocenters. The summed E-state index contributed by atoms with van der Waals surface area (Å²) in [6.07, 6.45) is 0. The van der Waals surface area contributed by atoms with Crippen molar-refractivity contribution in [1.29, 1.82) is 0 Å². The number of aliphatic imine (C=N–C) groups is 1. The predicted octanol–water partition coefficient (Wildman–Crippen LogP) is 4.57. The summed E-state index contributed by atoms with van der Waals surface area (Å²) >= 11 is 15.3. The van der Waals surface area contributed by atoms with Gasteiger partial charge in [0.25, 0.3) is 0 Å². The summed E-state index contributed by atoms with van der Waals surface area (Å²) in [6, 6.07) is 17.9. The molecule has 0 aliphatic carbocycles. The highest BCUT2D eigenvalue weighted by Crippen LogP contribution is 2.23. The van der Waals surface area contributed by atoms with Gasteiger partial charge >= 0.3 is 0 Å². The number of nitrogens with one attached hydrogen (secondary N) is 1. The van der Waals surface area contributed by atoms with Gasteiger partial charge in [0.15, 0.2) is 10.3 Å². The van der Waals surface area contributed by atoms with E-state index < -0.39 is 0 Å². The molecule has 1 N–H and O–H groups in total. The van der Waals surface area contributed by atoms with Crippen LogP contribution in [0.25, 0.3) is 10.2 Å². The first-order valence-corrected chi connectivity index (χ1v) is 9.67. The van der Waals surface area contributed by atoms with Crippen LogP contribution in [0.1, 0.15) is 0 Å². The van der Waals surface area contributed by atoms with Crippen LogP contribution >= 0.6 is 48.8 Å². The maximum atomic E-state index is 5.26. The summed E-state index contributed by atoms with van der Waals surface area (Å²) in [7, 11) is 0. The van der Waals surface area contributed by atoms with E-state index in [0.29, 0.717) is 10.3 Å². The maximum Gasteiger partial charge on any atom is 0.179 e. The number of amidine groups is 1. The molecule has 128 valence electrons. The molecule has 4 nitrogen and oxygen atoms in total. The van der Waals surface area contributed by atoms with Crippen molar-refractivity contribution in [2.24, 2.45) is 4.99 Å². The molecule has 25 heavy (non-hydrogen) atoms. The van der Waals surface area contributed by atoms with Gasteiger partial charge in [0.05, 0.1) is 16.8 Å². The largest absolute Gasteiger partial charge is 0.332 e. The lowest BCUT2D eigenvalue weighted by atomic mass is 10.3. The quantitative estimate of drug-likeness (QED) is 0.410. The molecule has 1 aromatic heterocycles. The molecule has 0 saturated carbocycles. The van der Waals surface area contributed by atoms with Gasteiger partial charge in [0.1, 0.15) is 4.34 Å². The van der Waals surface area contributed by atoms with Gasteiger partial charge in [-0.1, -0.05) is 30.3 Å². The van der Waals surface area contributed by atoms with Crippen LogP contribution in [0.2, 0.25) is 0 Å². The standard InChI is InChI=1S/C10H11N3S2.C7H5NS2/c14-9-11-6-7-13(9)10(15)12-8-4-2-1-3-5-8;9-7-8-5-3-1-2-4-6(5)10-7/h1-5H,6-7H2,(H,11,14)(H,12,15);1-4H,(H,8,9). The number of fused-ring (bicyclic) bond motifs is 1. The molecule has 0 bridgehead atoms. The number of thiazole rings is 1. The van der Waals surface area contributed by atoms with E-state index in [1.165, 1.54) is 4.70 Å². The van der Waals surface area contributed by atoms with E-state index in [1.807, 2.05) is 59.5 Å². The summed E-state index contributed by atoms with van der Waals surface area (Å²) in [4.78, 5) is 10.2. The van der Waals surface area contributed by atoms with Crippen LogP contribution < -0.4 is 5.32 Å². The Bertz CT molecular complexity index is 859. The summed E-state index contributed by atoms with van der Waals surface area (Å²) in [5.41, 5.74) is 2.02. The molecule has 1 aliphatic rings. The van der Waals surface area contributed by atoms with E-state index in [0.717, 1.165) is 28.6 Å². The lowest BCUT2D eigenvalue weighted by molar-refractivity contribution is 0.684. The zero-order valence-corrected chi connectivity index (χ0v) is 16.6. The van der Waals surface area contributed by atoms with Gasteiger partial charge in [-0.3, -0.25) is 9.89 Å². The van der Waals surface area contributed by atoms with E-state index >= 15 is 0 Å². The Labute approximate surface area is 166 Å². The van der Waals surface area contributed by atoms with Crippen LogP contribution in [0.5, 0.6) is 0 Å². The van der Waals surface area contributed by atoms with Crippen LogP contribution in [-0.4, -0.2) is 33.3 Å². The normalized spacial score (nSPS) is 13.2. The van der Waals surface area contributed by atoms with Crippen LogP contribution in [0, 0.1) is 0 Å². The van der Waals surface area contributed by atoms with Crippen molar-refractivity contribution < 1.29 is 0 Å². The molecular formula is C17H16N4S4. The number of nitrogens with zero attached hydrogens (tertiary/aromatic N) is 3. The average molecular weight is 405 g/mol. The van der Waals surface area contributed by atoms with Crippen molar-refractivity contribution in [2.75, 3.05) is 18.4 Å². The van der Waals surface area contributed by atoms with Gasteiger partial charge in [-0.15, -0.1) is 36.6 Å². The predicted molar refractivity (Wildman–Crippen MR) is 118 cm³/mol. The molecule has 0 amide bonds. The first-order chi connectivity index (χ1) is 12.1. The fourth-order valence-electron chi connectivity index (χ4n) is 2.20. The van der Waals surface area contributed by atoms with E-state index in [1.54, 1.807) is 11.3 Å². The maximum absolute atomic E-state index is 5.26. The van der Waals surface area contributed by atoms with Gasteiger partial charge in [0.2, 0.25) is 0 Å². The van der Waals surface area contributed by atoms with Crippen LogP contribution in [0.4, 0.5) is 5.69 Å². The van der Waals surface area contributed by atoms with Crippen molar-refractivity contribution in [2.45, 2.75) is 4.34 Å².